The van der Waals surface area contributed by atoms with Crippen LogP contribution in [-0.4, -0.2) is 101 Å². The first-order chi connectivity index (χ1) is 44.6. The number of carbonyl (C=O) groups is 1. The van der Waals surface area contributed by atoms with E-state index in [0.717, 1.165) is 57.9 Å². The van der Waals surface area contributed by atoms with E-state index in [1.54, 1.807) is 63.2 Å². The number of nitrogens with zero attached hydrogens (tertiary/aromatic N) is 4. The molecule has 7 rings (SSSR count). The fourth-order valence-corrected chi connectivity index (χ4v) is 26.3. The van der Waals surface area contributed by atoms with Crippen LogP contribution in [0.5, 0.6) is 46.0 Å². The molecule has 0 radical (unpaired) electrons. The first-order valence-electron chi connectivity index (χ1n) is 30.3. The summed E-state index contributed by atoms with van der Waals surface area (Å²) in [6.07, 6.45) is 10.5. The molecule has 524 valence electrons. The summed E-state index contributed by atoms with van der Waals surface area (Å²) in [4.78, 5) is 28.9. The molecular formula is C68H93Cl4I4N9O9Sn. The van der Waals surface area contributed by atoms with E-state index in [-0.39, 0.29) is 71.0 Å². The Labute approximate surface area is 623 Å². The number of ketones is 1. The van der Waals surface area contributed by atoms with Crippen molar-refractivity contribution < 1.29 is 43.8 Å². The number of phenols is 3. The van der Waals surface area contributed by atoms with Crippen LogP contribution in [0.4, 0.5) is 11.9 Å². The quantitative estimate of drug-likeness (QED) is 0.00737. The van der Waals surface area contributed by atoms with Crippen molar-refractivity contribution in [2.45, 2.75) is 133 Å². The molecule has 0 spiro atoms. The number of ether oxygens (including phenoxy) is 5. The van der Waals surface area contributed by atoms with Crippen molar-refractivity contribution >= 4 is 157 Å². The molecule has 0 unspecified atom stereocenters. The molecule has 18 nitrogen and oxygen atoms in total. The van der Waals surface area contributed by atoms with E-state index in [2.05, 4.69) is 132 Å². The van der Waals surface area contributed by atoms with Crippen molar-refractivity contribution in [1.29, 1.82) is 5.41 Å². The number of guanidine groups is 1. The Morgan fingerprint density at radius 1 is 0.579 bits per heavy atom. The molecule has 0 atom stereocenters. The van der Waals surface area contributed by atoms with E-state index in [4.69, 9.17) is 75.4 Å². The Kier molecular flexibility index (Phi) is 43.2. The molecule has 95 heavy (non-hydrogen) atoms. The maximum atomic E-state index is 12.0. The average Bonchev–Trinajstić information content (AvgIpc) is 0.793. The number of Topliss-reactive ketones (excluding diaryl/α,β-unsaturated/α-hetero) is 1. The number of anilines is 2. The first kappa shape index (κ1) is 88.8. The number of phenolic OH excluding ortho intramolecular Hbond substituents is 3. The minimum absolute atomic E-state index is 0. The van der Waals surface area contributed by atoms with Crippen molar-refractivity contribution in [3.63, 3.8) is 0 Å². The van der Waals surface area contributed by atoms with E-state index in [1.807, 2.05) is 58.0 Å². The van der Waals surface area contributed by atoms with Crippen molar-refractivity contribution in [3.05, 3.63) is 134 Å². The van der Waals surface area contributed by atoms with Crippen molar-refractivity contribution in [2.24, 2.45) is 11.5 Å². The van der Waals surface area contributed by atoms with Crippen LogP contribution >= 0.6 is 111 Å². The molecule has 0 amide bonds. The molecule has 0 aliphatic rings. The van der Waals surface area contributed by atoms with Crippen LogP contribution in [0.15, 0.2) is 95.0 Å². The summed E-state index contributed by atoms with van der Waals surface area (Å²) in [5.74, 6) is 2.96. The summed E-state index contributed by atoms with van der Waals surface area (Å²) < 4.78 is 32.7. The normalized spacial score (nSPS) is 10.8. The van der Waals surface area contributed by atoms with Gasteiger partial charge in [-0.25, -0.2) is 19.9 Å². The number of hydrogen-bond acceptors (Lipinski definition) is 16. The number of rotatable bonds is 23. The summed E-state index contributed by atoms with van der Waals surface area (Å²) in [6, 6.07) is 26.6. The van der Waals surface area contributed by atoms with Crippen molar-refractivity contribution in [2.75, 3.05) is 47.0 Å². The largest absolute Gasteiger partial charge is 0.370 e. The van der Waals surface area contributed by atoms with Gasteiger partial charge >= 0.3 is 200 Å². The third-order valence-electron chi connectivity index (χ3n) is 14.8. The number of nitrogens with two attached hydrogens (primary N) is 4. The van der Waals surface area contributed by atoms with Gasteiger partial charge in [-0.05, 0) is 92.6 Å². The summed E-state index contributed by atoms with van der Waals surface area (Å²) in [7, 11) is 7.69. The van der Waals surface area contributed by atoms with Crippen LogP contribution in [0.2, 0.25) is 18.3 Å². The minimum Gasteiger partial charge on any atom is -0.370 e. The zero-order chi connectivity index (χ0) is 71.0. The van der Waals surface area contributed by atoms with Gasteiger partial charge in [0, 0.05) is 39.9 Å². The molecule has 2 heterocycles. The van der Waals surface area contributed by atoms with Crippen LogP contribution in [0.3, 0.4) is 0 Å². The molecule has 0 fully saturated rings. The predicted molar refractivity (Wildman–Crippen MR) is 435 cm³/mol. The van der Waals surface area contributed by atoms with E-state index in [0.29, 0.717) is 56.9 Å². The van der Waals surface area contributed by atoms with Gasteiger partial charge in [0.15, 0.2) is 5.96 Å². The zero-order valence-corrected chi connectivity index (χ0v) is 71.1. The third-order valence-corrected chi connectivity index (χ3v) is 31.7. The fourth-order valence-electron chi connectivity index (χ4n) is 10.0. The molecule has 0 bridgehead atoms. The molecule has 0 saturated heterocycles. The molecule has 0 aliphatic carbocycles. The van der Waals surface area contributed by atoms with Gasteiger partial charge in [-0.2, -0.15) is 0 Å². The number of unbranched alkanes of at least 4 members (excludes halogenated alkanes) is 3. The average molecular weight is 1950 g/mol. The number of halogens is 8. The number of nitrogen functional groups attached to an aromatic ring is 2. The van der Waals surface area contributed by atoms with Crippen molar-refractivity contribution in [1.82, 2.24) is 19.9 Å². The Morgan fingerprint density at radius 2 is 0.937 bits per heavy atom. The predicted octanol–water partition coefficient (Wildman–Crippen LogP) is 19.4. The number of aryl methyl sites for hydroxylation is 5. The van der Waals surface area contributed by atoms with Gasteiger partial charge in [-0.15, -0.1) is 12.4 Å². The number of allylic oxidation sites excluding steroid dienone is 2. The second kappa shape index (κ2) is 46.2. The van der Waals surface area contributed by atoms with Crippen LogP contribution in [0, 0.1) is 19.3 Å². The molecular weight excluding hydrogens is 1850 g/mol. The monoisotopic (exact) mass is 1950 g/mol. The fraction of sp³-hybridized carbons (Fsp3) is 0.382. The maximum absolute atomic E-state index is 12.0. The van der Waals surface area contributed by atoms with Crippen LogP contribution in [0.1, 0.15) is 125 Å². The standard InChI is InChI=1S/C21H23N3O3.C14H16ClN3O2.C13H14Cl2O3.C7H7O.3C4H9.CH5N3.ClH.I4.Sn/c1-5-13-10-16(17(25)11-18(13)27-4)20-19(12(2)23-21(22)24-20)14-6-8-15(26-3)9-7-14;1-4-8-5-9(10(19)6-11(8)20-3)13-12(15)7(2)17-14(16)18-13;1-4-8-5-9(10(16)6-11(8)18-3)13(17)12(15)7(2)14;1-8-7-5-3-2-4-6-7;3*1-3-4-2;2-1(3)4;;1-4(2)3;/h6-11,25H,5H2,1-4H3,(H2,22,23,24);5-6,19H,4H2,1-3H3,(H2,16,17,18);5-6,16H,4H2,1-3H3;3-6H,1H3;3*1,3-4H2,2H3;(H5,2,3,4);1H;;/b;;12-7+;;;;;;;;. The summed E-state index contributed by atoms with van der Waals surface area (Å²) in [6.45, 7) is 18.1. The van der Waals surface area contributed by atoms with Gasteiger partial charge in [0.05, 0.1) is 61.8 Å². The molecule has 0 saturated carbocycles. The van der Waals surface area contributed by atoms with Gasteiger partial charge in [0.25, 0.3) is 0 Å². The number of nitrogens with one attached hydrogen (secondary N) is 1. The molecule has 5 aromatic carbocycles. The number of carbonyl (C=O) groups excluding carboxylic acids is 1. The molecule has 27 heteroatoms. The van der Waals surface area contributed by atoms with E-state index in [1.165, 1.54) is 71.9 Å². The summed E-state index contributed by atoms with van der Waals surface area (Å²) >= 11 is 22.9. The Morgan fingerprint density at radius 3 is 1.31 bits per heavy atom. The molecule has 12 N–H and O–H groups in total. The van der Waals surface area contributed by atoms with E-state index >= 15 is 0 Å². The topological polar surface area (TPSA) is 303 Å². The van der Waals surface area contributed by atoms with Gasteiger partial charge in [-0.1, -0.05) is 67.7 Å². The smallest absolute Gasteiger partial charge is 0.183 e. The number of benzene rings is 5. The number of hydrogen-bond donors (Lipinski definition) is 8. The SMILES string of the molecule is CCC[CH2][Sn]([CH2]CCC)([CH2]CCC)[c]1ccc(OC)cc1.CCc1cc(-c2nc(N)nc(C)c2-c2ccc(OC)cc2)c(O)cc1OC.CCc1cc(-c2nc(N)nc(C)c2Cl)c(O)cc1OC.CCc1cc(C(=O)/C(Cl)=C(/C)Cl)c(O)cc1OC.Cl.II(I)I.N=C(N)N. The molecule has 7 aromatic rings. The van der Waals surface area contributed by atoms with E-state index < -0.39 is 24.2 Å². The Balaban J connectivity index is 0.000000613. The second-order valence-corrected chi connectivity index (χ2v) is 84.5. The maximum Gasteiger partial charge on any atom is 0.183 e. The minimum atomic E-state index is -2.20. The summed E-state index contributed by atoms with van der Waals surface area (Å²) in [5, 5.41) is 37.1. The zero-order valence-electron chi connectivity index (χ0n) is 56.5. The molecule has 2 aromatic heterocycles. The summed E-state index contributed by atoms with van der Waals surface area (Å²) in [5.41, 5.74) is 28.5. The van der Waals surface area contributed by atoms with Crippen LogP contribution in [-0.2, 0) is 19.3 Å². The van der Waals surface area contributed by atoms with Gasteiger partial charge in [-0.3, -0.25) is 10.2 Å². The third kappa shape index (κ3) is 28.2. The van der Waals surface area contributed by atoms with E-state index in [9.17, 15) is 20.1 Å². The van der Waals surface area contributed by atoms with Gasteiger partial charge < -0.3 is 57.2 Å². The van der Waals surface area contributed by atoms with Gasteiger partial charge in [0.1, 0.15) is 45.3 Å². The van der Waals surface area contributed by atoms with Crippen LogP contribution < -0.4 is 50.2 Å². The first-order valence-corrected chi connectivity index (χ1v) is 57.8. The number of aromatic hydroxyl groups is 3. The van der Waals surface area contributed by atoms with Crippen molar-refractivity contribution in [3.8, 4) is 79.6 Å². The number of aromatic nitrogens is 4. The van der Waals surface area contributed by atoms with Gasteiger partial charge in [0.2, 0.25) is 17.7 Å². The van der Waals surface area contributed by atoms with Crippen LogP contribution in [0.25, 0.3) is 33.6 Å². The Hall–Kier alpha value is -4.18. The Bertz CT molecular complexity index is 3550. The second-order valence-electron chi connectivity index (χ2n) is 21.2. The number of methoxy groups -OCH3 is 5. The molecule has 0 aliphatic heterocycles.